The van der Waals surface area contributed by atoms with E-state index in [2.05, 4.69) is 15.6 Å². The van der Waals surface area contributed by atoms with Gasteiger partial charge in [-0.15, -0.1) is 24.0 Å². The molecule has 0 bridgehead atoms. The summed E-state index contributed by atoms with van der Waals surface area (Å²) in [7, 11) is -1.36. The van der Waals surface area contributed by atoms with E-state index in [1.165, 1.54) is 4.31 Å². The monoisotopic (exact) mass is 448 g/mol. The van der Waals surface area contributed by atoms with E-state index in [-0.39, 0.29) is 35.3 Å². The van der Waals surface area contributed by atoms with Gasteiger partial charge in [0.15, 0.2) is 5.96 Å². The molecule has 0 aliphatic carbocycles. The van der Waals surface area contributed by atoms with Crippen LogP contribution in [0.25, 0.3) is 0 Å². The molecule has 0 spiro atoms. The summed E-state index contributed by atoms with van der Waals surface area (Å²) in [5.41, 5.74) is -0.319. The molecule has 1 aliphatic rings. The average molecular weight is 448 g/mol. The normalized spacial score (nSPS) is 18.8. The van der Waals surface area contributed by atoms with Crippen LogP contribution in [-0.4, -0.2) is 69.9 Å². The third-order valence-corrected chi connectivity index (χ3v) is 5.33. The van der Waals surface area contributed by atoms with Crippen molar-refractivity contribution in [1.29, 1.82) is 0 Å². The number of nitrogens with zero attached hydrogens (tertiary/aromatic N) is 2. The molecule has 0 saturated carbocycles. The van der Waals surface area contributed by atoms with Crippen LogP contribution in [0.5, 0.6) is 0 Å². The van der Waals surface area contributed by atoms with E-state index < -0.39 is 10.0 Å². The maximum atomic E-state index is 11.7. The fourth-order valence-electron chi connectivity index (χ4n) is 1.92. The molecule has 9 heteroatoms. The highest BCUT2D eigenvalue weighted by atomic mass is 127. The van der Waals surface area contributed by atoms with E-state index in [4.69, 9.17) is 4.74 Å². The Morgan fingerprint density at radius 3 is 2.55 bits per heavy atom. The van der Waals surface area contributed by atoms with E-state index in [0.29, 0.717) is 32.1 Å². The fraction of sp³-hybridized carbons (Fsp3) is 0.923. The number of nitrogens with one attached hydrogen (secondary N) is 2. The molecule has 2 N–H and O–H groups in total. The van der Waals surface area contributed by atoms with Crippen LogP contribution in [0, 0.1) is 0 Å². The van der Waals surface area contributed by atoms with Gasteiger partial charge in [-0.1, -0.05) is 0 Å². The maximum Gasteiger partial charge on any atom is 0.214 e. The Bertz CT molecular complexity index is 454. The van der Waals surface area contributed by atoms with Crippen molar-refractivity contribution in [3.8, 4) is 0 Å². The van der Waals surface area contributed by atoms with Crippen molar-refractivity contribution in [3.63, 3.8) is 0 Å². The van der Waals surface area contributed by atoms with E-state index in [0.717, 1.165) is 13.0 Å². The zero-order valence-corrected chi connectivity index (χ0v) is 17.0. The smallest absolute Gasteiger partial charge is 0.214 e. The molecule has 1 saturated heterocycles. The molecule has 0 atom stereocenters. The Labute approximate surface area is 151 Å². The van der Waals surface area contributed by atoms with Crippen molar-refractivity contribution in [2.75, 3.05) is 45.6 Å². The van der Waals surface area contributed by atoms with Crippen molar-refractivity contribution in [1.82, 2.24) is 14.9 Å². The SMILES string of the molecule is CCNC(=NCC(C)(C)OC)NCCN1CCCS1(=O)=O.I. The van der Waals surface area contributed by atoms with Gasteiger partial charge in [0, 0.05) is 33.3 Å². The van der Waals surface area contributed by atoms with Crippen LogP contribution < -0.4 is 10.6 Å². The Hall–Kier alpha value is -0.130. The summed E-state index contributed by atoms with van der Waals surface area (Å²) in [6, 6.07) is 0. The molecule has 0 unspecified atom stereocenters. The maximum absolute atomic E-state index is 11.7. The van der Waals surface area contributed by atoms with E-state index >= 15 is 0 Å². The highest BCUT2D eigenvalue weighted by Crippen LogP contribution is 2.11. The predicted octanol–water partition coefficient (Wildman–Crippen LogP) is 0.620. The molecule has 0 aromatic carbocycles. The lowest BCUT2D eigenvalue weighted by atomic mass is 10.1. The molecule has 0 aromatic rings. The molecule has 0 aromatic heterocycles. The van der Waals surface area contributed by atoms with Crippen LogP contribution >= 0.6 is 24.0 Å². The third kappa shape index (κ3) is 7.42. The molecule has 1 fully saturated rings. The standard InChI is InChI=1S/C13H28N4O3S.HI/c1-5-14-12(16-11-13(2,3)20-4)15-7-9-17-8-6-10-21(17,18)19;/h5-11H2,1-4H3,(H2,14,15,16);1H. The zero-order chi connectivity index (χ0) is 15.9. The van der Waals surface area contributed by atoms with Gasteiger partial charge in [0.05, 0.1) is 17.9 Å². The molecule has 7 nitrogen and oxygen atoms in total. The number of ether oxygens (including phenoxy) is 1. The second-order valence-electron chi connectivity index (χ2n) is 5.65. The van der Waals surface area contributed by atoms with Crippen LogP contribution in [0.15, 0.2) is 4.99 Å². The summed E-state index contributed by atoms with van der Waals surface area (Å²) in [6.45, 7) is 8.84. The van der Waals surface area contributed by atoms with E-state index in [9.17, 15) is 8.42 Å². The number of methoxy groups -OCH3 is 1. The third-order valence-electron chi connectivity index (χ3n) is 3.37. The van der Waals surface area contributed by atoms with Crippen LogP contribution in [-0.2, 0) is 14.8 Å². The molecule has 22 heavy (non-hydrogen) atoms. The first-order valence-corrected chi connectivity index (χ1v) is 8.97. The lowest BCUT2D eigenvalue weighted by molar-refractivity contribution is 0.0310. The van der Waals surface area contributed by atoms with Gasteiger partial charge in [0.1, 0.15) is 0 Å². The lowest BCUT2D eigenvalue weighted by Crippen LogP contribution is -2.43. The van der Waals surface area contributed by atoms with Gasteiger partial charge in [-0.3, -0.25) is 4.99 Å². The molecule has 1 rings (SSSR count). The molecule has 0 radical (unpaired) electrons. The molecular weight excluding hydrogens is 419 g/mol. The number of sulfonamides is 1. The minimum Gasteiger partial charge on any atom is -0.377 e. The summed E-state index contributed by atoms with van der Waals surface area (Å²) in [4.78, 5) is 4.46. The van der Waals surface area contributed by atoms with Crippen molar-refractivity contribution >= 4 is 40.0 Å². The number of hydrogen-bond acceptors (Lipinski definition) is 4. The highest BCUT2D eigenvalue weighted by molar-refractivity contribution is 14.0. The molecule has 0 amide bonds. The lowest BCUT2D eigenvalue weighted by Gasteiger charge is -2.21. The number of halogens is 1. The van der Waals surface area contributed by atoms with Gasteiger partial charge >= 0.3 is 0 Å². The second-order valence-corrected chi connectivity index (χ2v) is 7.74. The average Bonchev–Trinajstić information content (AvgIpc) is 2.75. The van der Waals surface area contributed by atoms with E-state index in [1.807, 2.05) is 20.8 Å². The Morgan fingerprint density at radius 1 is 1.36 bits per heavy atom. The molecule has 132 valence electrons. The Balaban J connectivity index is 0.00000441. The van der Waals surface area contributed by atoms with Gasteiger partial charge in [0.25, 0.3) is 0 Å². The predicted molar refractivity (Wildman–Crippen MR) is 100 cm³/mol. The minimum atomic E-state index is -3.02. The minimum absolute atomic E-state index is 0. The van der Waals surface area contributed by atoms with Gasteiger partial charge in [-0.2, -0.15) is 0 Å². The molecule has 1 aliphatic heterocycles. The van der Waals surface area contributed by atoms with Crippen molar-refractivity contribution in [2.24, 2.45) is 4.99 Å². The van der Waals surface area contributed by atoms with Crippen LogP contribution in [0.2, 0.25) is 0 Å². The first-order chi connectivity index (χ1) is 9.80. The largest absolute Gasteiger partial charge is 0.377 e. The number of aliphatic imine (C=N–C) groups is 1. The first kappa shape index (κ1) is 21.9. The fourth-order valence-corrected chi connectivity index (χ4v) is 3.45. The molecular formula is C13H29IN4O3S. The second kappa shape index (κ2) is 9.89. The number of guanidine groups is 1. The molecule has 1 heterocycles. The van der Waals surface area contributed by atoms with Gasteiger partial charge in [0.2, 0.25) is 10.0 Å². The quantitative estimate of drug-likeness (QED) is 0.339. The van der Waals surface area contributed by atoms with Crippen LogP contribution in [0.1, 0.15) is 27.2 Å². The summed E-state index contributed by atoms with van der Waals surface area (Å²) in [6.07, 6.45) is 0.721. The van der Waals surface area contributed by atoms with Gasteiger partial charge in [-0.05, 0) is 27.2 Å². The topological polar surface area (TPSA) is 83.0 Å². The van der Waals surface area contributed by atoms with Crippen molar-refractivity contribution < 1.29 is 13.2 Å². The summed E-state index contributed by atoms with van der Waals surface area (Å²) >= 11 is 0. The number of rotatable bonds is 7. The van der Waals surface area contributed by atoms with Crippen molar-refractivity contribution in [2.45, 2.75) is 32.8 Å². The van der Waals surface area contributed by atoms with Crippen LogP contribution in [0.4, 0.5) is 0 Å². The highest BCUT2D eigenvalue weighted by Gasteiger charge is 2.27. The van der Waals surface area contributed by atoms with Crippen LogP contribution in [0.3, 0.4) is 0 Å². The van der Waals surface area contributed by atoms with Gasteiger partial charge in [-0.25, -0.2) is 12.7 Å². The Morgan fingerprint density at radius 2 is 2.05 bits per heavy atom. The summed E-state index contributed by atoms with van der Waals surface area (Å²) in [5.74, 6) is 0.947. The summed E-state index contributed by atoms with van der Waals surface area (Å²) < 4.78 is 30.2. The zero-order valence-electron chi connectivity index (χ0n) is 13.9. The Kier molecular flexibility index (Phi) is 9.83. The number of hydrogen-bond donors (Lipinski definition) is 2. The first-order valence-electron chi connectivity index (χ1n) is 7.36. The van der Waals surface area contributed by atoms with Gasteiger partial charge < -0.3 is 15.4 Å². The van der Waals surface area contributed by atoms with E-state index in [1.54, 1.807) is 7.11 Å². The van der Waals surface area contributed by atoms with Crippen molar-refractivity contribution in [3.05, 3.63) is 0 Å². The summed E-state index contributed by atoms with van der Waals surface area (Å²) in [5, 5.41) is 6.30.